The zero-order chi connectivity index (χ0) is 18.4. The minimum atomic E-state index is -0.280. The van der Waals surface area contributed by atoms with Gasteiger partial charge in [0.05, 0.1) is 11.2 Å². The third-order valence-electron chi connectivity index (χ3n) is 4.84. The van der Waals surface area contributed by atoms with Gasteiger partial charge in [0.2, 0.25) is 0 Å². The van der Waals surface area contributed by atoms with Crippen molar-refractivity contribution in [3.8, 4) is 0 Å². The van der Waals surface area contributed by atoms with Crippen molar-refractivity contribution < 1.29 is 4.39 Å². The molecule has 2 nitrogen and oxygen atoms in total. The van der Waals surface area contributed by atoms with E-state index in [-0.39, 0.29) is 11.4 Å². The lowest BCUT2D eigenvalue weighted by Crippen LogP contribution is -2.42. The summed E-state index contributed by atoms with van der Waals surface area (Å²) in [4.78, 5) is 6.47. The molecule has 0 spiro atoms. The molecule has 0 radical (unpaired) electrons. The van der Waals surface area contributed by atoms with Gasteiger partial charge < -0.3 is 4.90 Å². The van der Waals surface area contributed by atoms with Crippen molar-refractivity contribution in [2.24, 2.45) is 4.99 Å². The Bertz CT molecular complexity index is 897. The van der Waals surface area contributed by atoms with Crippen molar-refractivity contribution in [2.75, 3.05) is 11.9 Å². The highest BCUT2D eigenvalue weighted by Crippen LogP contribution is 2.38. The van der Waals surface area contributed by atoms with Gasteiger partial charge in [-0.15, -0.1) is 0 Å². The minimum Gasteiger partial charge on any atom is -0.365 e. The molecule has 0 N–H and O–H groups in total. The van der Waals surface area contributed by atoms with Gasteiger partial charge >= 0.3 is 0 Å². The summed E-state index contributed by atoms with van der Waals surface area (Å²) in [6.45, 7) is 8.24. The molecular weight excluding hydrogens is 335 g/mol. The summed E-state index contributed by atoms with van der Waals surface area (Å²) < 4.78 is 14.6. The number of aliphatic imine (C=N–C) groups is 1. The highest BCUT2D eigenvalue weighted by Gasteiger charge is 2.29. The highest BCUT2D eigenvalue weighted by atomic mass is 35.5. The number of hydrogen-bond acceptors (Lipinski definition) is 2. The topological polar surface area (TPSA) is 15.6 Å². The predicted molar refractivity (Wildman–Crippen MR) is 106 cm³/mol. The van der Waals surface area contributed by atoms with Crippen LogP contribution < -0.4 is 4.90 Å². The van der Waals surface area contributed by atoms with Crippen LogP contribution in [-0.2, 0) is 0 Å². The fraction of sp³-hybridized carbons (Fsp3) is 0.286. The van der Waals surface area contributed by atoms with E-state index in [0.717, 1.165) is 22.4 Å². The largest absolute Gasteiger partial charge is 0.365 e. The highest BCUT2D eigenvalue weighted by molar-refractivity contribution is 6.31. The smallest absolute Gasteiger partial charge is 0.134 e. The fourth-order valence-electron chi connectivity index (χ4n) is 3.09. The van der Waals surface area contributed by atoms with Crippen LogP contribution in [0.25, 0.3) is 5.57 Å². The van der Waals surface area contributed by atoms with Crippen molar-refractivity contribution >= 4 is 34.8 Å². The average molecular weight is 357 g/mol. The normalized spacial score (nSPS) is 16.1. The first kappa shape index (κ1) is 17.7. The summed E-state index contributed by atoms with van der Waals surface area (Å²) in [5.74, 6) is -0.280. The van der Waals surface area contributed by atoms with Crippen molar-refractivity contribution in [1.29, 1.82) is 0 Å². The summed E-state index contributed by atoms with van der Waals surface area (Å²) in [6, 6.07) is 9.02. The Morgan fingerprint density at radius 1 is 1.16 bits per heavy atom. The van der Waals surface area contributed by atoms with Crippen LogP contribution >= 0.6 is 11.6 Å². The molecule has 0 saturated carbocycles. The molecule has 0 saturated heterocycles. The van der Waals surface area contributed by atoms with Crippen molar-refractivity contribution in [2.45, 2.75) is 33.2 Å². The lowest BCUT2D eigenvalue weighted by molar-refractivity contribution is 0.589. The third kappa shape index (κ3) is 3.34. The standard InChI is InChI=1S/C21H22ClFN2/c1-13-6-7-16(9-18(13)22)24-12-15-8-17-14(2)11-21(3,4)25(5)20(17)10-19(15)23/h6-12H,1-5H3. The molecule has 0 bridgehead atoms. The maximum Gasteiger partial charge on any atom is 0.134 e. The maximum absolute atomic E-state index is 14.6. The molecular formula is C21H22ClFN2. The van der Waals surface area contributed by atoms with Gasteiger partial charge in [0.15, 0.2) is 0 Å². The van der Waals surface area contributed by atoms with Gasteiger partial charge in [-0.3, -0.25) is 4.99 Å². The molecule has 130 valence electrons. The Morgan fingerprint density at radius 3 is 2.56 bits per heavy atom. The Kier molecular flexibility index (Phi) is 4.46. The van der Waals surface area contributed by atoms with Crippen molar-refractivity contribution in [1.82, 2.24) is 0 Å². The molecule has 0 aliphatic carbocycles. The van der Waals surface area contributed by atoms with Gasteiger partial charge in [-0.1, -0.05) is 23.7 Å². The first-order valence-corrected chi connectivity index (χ1v) is 8.64. The fourth-order valence-corrected chi connectivity index (χ4v) is 3.27. The Hall–Kier alpha value is -2.13. The second-order valence-corrected chi connectivity index (χ2v) is 7.53. The molecule has 0 unspecified atom stereocenters. The van der Waals surface area contributed by atoms with Crippen LogP contribution in [0.5, 0.6) is 0 Å². The molecule has 4 heteroatoms. The number of anilines is 1. The summed E-state index contributed by atoms with van der Waals surface area (Å²) in [5, 5.41) is 0.656. The quantitative estimate of drug-likeness (QED) is 0.587. The number of allylic oxidation sites excluding steroid dienone is 1. The van der Waals surface area contributed by atoms with Crippen LogP contribution in [0, 0.1) is 12.7 Å². The first-order valence-electron chi connectivity index (χ1n) is 8.26. The summed E-state index contributed by atoms with van der Waals surface area (Å²) in [6.07, 6.45) is 3.76. The molecule has 1 heterocycles. The zero-order valence-corrected chi connectivity index (χ0v) is 15.9. The van der Waals surface area contributed by atoms with Crippen molar-refractivity contribution in [3.05, 3.63) is 63.9 Å². The van der Waals surface area contributed by atoms with Gasteiger partial charge in [-0.25, -0.2) is 4.39 Å². The number of halogens is 2. The monoisotopic (exact) mass is 356 g/mol. The lowest BCUT2D eigenvalue weighted by atomic mass is 9.88. The number of fused-ring (bicyclic) bond motifs is 1. The van der Waals surface area contributed by atoms with E-state index in [1.807, 2.05) is 32.2 Å². The van der Waals surface area contributed by atoms with Crippen LogP contribution in [0.4, 0.5) is 15.8 Å². The van der Waals surface area contributed by atoms with Gasteiger partial charge in [0.1, 0.15) is 5.82 Å². The number of aryl methyl sites for hydroxylation is 1. The molecule has 0 atom stereocenters. The number of nitrogens with zero attached hydrogens (tertiary/aromatic N) is 2. The maximum atomic E-state index is 14.6. The van der Waals surface area contributed by atoms with Crippen LogP contribution in [0.2, 0.25) is 5.02 Å². The summed E-state index contributed by atoms with van der Waals surface area (Å²) >= 11 is 6.12. The molecule has 0 amide bonds. The predicted octanol–water partition coefficient (Wildman–Crippen LogP) is 6.17. The first-order chi connectivity index (χ1) is 11.7. The average Bonchev–Trinajstić information content (AvgIpc) is 2.54. The van der Waals surface area contributed by atoms with E-state index in [9.17, 15) is 4.39 Å². The number of rotatable bonds is 2. The van der Waals surface area contributed by atoms with Crippen LogP contribution in [0.3, 0.4) is 0 Å². The van der Waals surface area contributed by atoms with E-state index in [1.54, 1.807) is 18.3 Å². The Morgan fingerprint density at radius 2 is 1.88 bits per heavy atom. The van der Waals surface area contributed by atoms with Gasteiger partial charge in [0.25, 0.3) is 0 Å². The van der Waals surface area contributed by atoms with E-state index < -0.39 is 0 Å². The molecule has 0 fully saturated rings. The molecule has 0 aromatic heterocycles. The Labute approximate surface area is 153 Å². The van der Waals surface area contributed by atoms with Crippen LogP contribution in [0.1, 0.15) is 37.5 Å². The van der Waals surface area contributed by atoms with E-state index in [1.165, 1.54) is 0 Å². The van der Waals surface area contributed by atoms with E-state index in [2.05, 4.69) is 36.7 Å². The minimum absolute atomic E-state index is 0.141. The SMILES string of the molecule is CC1=CC(C)(C)N(C)c2cc(F)c(C=Nc3ccc(C)c(Cl)c3)cc21. The van der Waals surface area contributed by atoms with E-state index in [4.69, 9.17) is 11.6 Å². The Balaban J connectivity index is 2.01. The summed E-state index contributed by atoms with van der Waals surface area (Å²) in [7, 11) is 1.99. The zero-order valence-electron chi connectivity index (χ0n) is 15.2. The molecule has 2 aromatic rings. The molecule has 25 heavy (non-hydrogen) atoms. The molecule has 3 rings (SSSR count). The molecule has 2 aromatic carbocycles. The van der Waals surface area contributed by atoms with E-state index in [0.29, 0.717) is 16.3 Å². The third-order valence-corrected chi connectivity index (χ3v) is 5.25. The lowest BCUT2D eigenvalue weighted by Gasteiger charge is -2.40. The number of likely N-dealkylation sites (N-methyl/N-ethyl adjacent to an activating group) is 1. The summed E-state index contributed by atoms with van der Waals surface area (Å²) in [5.41, 5.74) is 5.11. The number of hydrogen-bond donors (Lipinski definition) is 0. The van der Waals surface area contributed by atoms with Gasteiger partial charge in [-0.2, -0.15) is 0 Å². The second-order valence-electron chi connectivity index (χ2n) is 7.12. The number of benzene rings is 2. The van der Waals surface area contributed by atoms with Crippen LogP contribution in [-0.4, -0.2) is 18.8 Å². The van der Waals surface area contributed by atoms with Gasteiger partial charge in [-0.05, 0) is 63.1 Å². The van der Waals surface area contributed by atoms with Crippen LogP contribution in [0.15, 0.2) is 41.4 Å². The van der Waals surface area contributed by atoms with Crippen molar-refractivity contribution in [3.63, 3.8) is 0 Å². The van der Waals surface area contributed by atoms with Gasteiger partial charge in [0, 0.05) is 35.1 Å². The molecule has 1 aliphatic heterocycles. The van der Waals surface area contributed by atoms with E-state index >= 15 is 0 Å². The second kappa shape index (κ2) is 6.30. The molecule has 1 aliphatic rings.